The Bertz CT molecular complexity index is 476. The highest BCUT2D eigenvalue weighted by atomic mass is 32.1. The highest BCUT2D eigenvalue weighted by Gasteiger charge is 2.19. The second kappa shape index (κ2) is 5.60. The van der Waals surface area contributed by atoms with Crippen LogP contribution in [0.5, 0.6) is 0 Å². The SMILES string of the molecule is c1nc(CCn2cncc2C2CNCCO2)cs1. The van der Waals surface area contributed by atoms with E-state index in [0.29, 0.717) is 0 Å². The smallest absolute Gasteiger partial charge is 0.111 e. The number of imidazole rings is 1. The van der Waals surface area contributed by atoms with Crippen LogP contribution in [0.1, 0.15) is 17.5 Å². The Kier molecular flexibility index (Phi) is 3.68. The number of thiazole rings is 1. The van der Waals surface area contributed by atoms with Crippen LogP contribution in [0.25, 0.3) is 0 Å². The molecule has 0 spiro atoms. The number of aromatic nitrogens is 3. The van der Waals surface area contributed by atoms with Crippen molar-refractivity contribution in [2.45, 2.75) is 19.1 Å². The Balaban J connectivity index is 1.67. The van der Waals surface area contributed by atoms with Crippen LogP contribution in [-0.4, -0.2) is 34.2 Å². The van der Waals surface area contributed by atoms with Crippen molar-refractivity contribution >= 4 is 11.3 Å². The first-order valence-corrected chi connectivity index (χ1v) is 7.07. The molecule has 1 atom stereocenters. The van der Waals surface area contributed by atoms with E-state index >= 15 is 0 Å². The molecule has 1 aliphatic heterocycles. The van der Waals surface area contributed by atoms with Crippen LogP contribution in [0, 0.1) is 0 Å². The van der Waals surface area contributed by atoms with Gasteiger partial charge in [-0.05, 0) is 0 Å². The van der Waals surface area contributed by atoms with E-state index in [-0.39, 0.29) is 6.10 Å². The standard InChI is InChI=1S/C12H16N4OS/c1(10-7-18-9-15-10)3-16-8-14-5-11(16)12-6-13-2-4-17-12/h5,7-9,12-13H,1-4,6H2. The molecule has 0 bridgehead atoms. The fourth-order valence-electron chi connectivity index (χ4n) is 2.14. The summed E-state index contributed by atoms with van der Waals surface area (Å²) in [6.45, 7) is 3.46. The maximum Gasteiger partial charge on any atom is 0.111 e. The Hall–Kier alpha value is -1.24. The lowest BCUT2D eigenvalue weighted by atomic mass is 10.2. The fourth-order valence-corrected chi connectivity index (χ4v) is 2.73. The minimum absolute atomic E-state index is 0.122. The van der Waals surface area contributed by atoms with E-state index in [1.165, 1.54) is 0 Å². The monoisotopic (exact) mass is 264 g/mol. The Labute approximate surface area is 110 Å². The summed E-state index contributed by atoms with van der Waals surface area (Å²) in [4.78, 5) is 8.53. The van der Waals surface area contributed by atoms with Gasteiger partial charge < -0.3 is 14.6 Å². The molecule has 1 fully saturated rings. The van der Waals surface area contributed by atoms with E-state index in [1.54, 1.807) is 11.3 Å². The zero-order valence-corrected chi connectivity index (χ0v) is 10.9. The first kappa shape index (κ1) is 11.8. The molecule has 0 radical (unpaired) electrons. The quantitative estimate of drug-likeness (QED) is 0.903. The highest BCUT2D eigenvalue weighted by Crippen LogP contribution is 2.18. The highest BCUT2D eigenvalue weighted by molar-refractivity contribution is 7.07. The van der Waals surface area contributed by atoms with Gasteiger partial charge in [0.1, 0.15) is 6.10 Å². The van der Waals surface area contributed by atoms with Crippen molar-refractivity contribution < 1.29 is 4.74 Å². The normalized spacial score (nSPS) is 20.1. The molecule has 6 heteroatoms. The maximum absolute atomic E-state index is 5.76. The van der Waals surface area contributed by atoms with Gasteiger partial charge in [-0.2, -0.15) is 0 Å². The summed E-state index contributed by atoms with van der Waals surface area (Å²) in [5, 5.41) is 5.44. The van der Waals surface area contributed by atoms with Gasteiger partial charge in [0.05, 0.1) is 36.0 Å². The lowest BCUT2D eigenvalue weighted by Gasteiger charge is -2.24. The Morgan fingerprint density at radius 3 is 3.33 bits per heavy atom. The summed E-state index contributed by atoms with van der Waals surface area (Å²) in [7, 11) is 0. The van der Waals surface area contributed by atoms with Gasteiger partial charge in [0.25, 0.3) is 0 Å². The summed E-state index contributed by atoms with van der Waals surface area (Å²) in [5.74, 6) is 0. The van der Waals surface area contributed by atoms with Crippen molar-refractivity contribution in [1.82, 2.24) is 19.9 Å². The van der Waals surface area contributed by atoms with Gasteiger partial charge in [-0.25, -0.2) is 9.97 Å². The molecule has 3 heterocycles. The number of hydrogen-bond acceptors (Lipinski definition) is 5. The number of hydrogen-bond donors (Lipinski definition) is 1. The van der Waals surface area contributed by atoms with Crippen LogP contribution in [0.3, 0.4) is 0 Å². The average Bonchev–Trinajstić information content (AvgIpc) is 3.09. The summed E-state index contributed by atoms with van der Waals surface area (Å²) in [6.07, 6.45) is 4.84. The third-order valence-electron chi connectivity index (χ3n) is 3.09. The summed E-state index contributed by atoms with van der Waals surface area (Å²) in [6, 6.07) is 0. The molecule has 2 aromatic rings. The number of aryl methyl sites for hydroxylation is 2. The van der Waals surface area contributed by atoms with Crippen LogP contribution in [0.4, 0.5) is 0 Å². The van der Waals surface area contributed by atoms with E-state index in [9.17, 15) is 0 Å². The molecule has 0 saturated carbocycles. The molecule has 96 valence electrons. The fraction of sp³-hybridized carbons (Fsp3) is 0.500. The molecule has 1 saturated heterocycles. The van der Waals surface area contributed by atoms with Gasteiger partial charge in [-0.3, -0.25) is 0 Å². The minimum atomic E-state index is 0.122. The predicted octanol–water partition coefficient (Wildman–Crippen LogP) is 1.24. The zero-order chi connectivity index (χ0) is 12.2. The van der Waals surface area contributed by atoms with Gasteiger partial charge in [0.15, 0.2) is 0 Å². The van der Waals surface area contributed by atoms with E-state index in [2.05, 4.69) is 25.2 Å². The zero-order valence-electron chi connectivity index (χ0n) is 10.1. The van der Waals surface area contributed by atoms with E-state index in [0.717, 1.165) is 44.0 Å². The van der Waals surface area contributed by atoms with Crippen LogP contribution in [0.15, 0.2) is 23.4 Å². The summed E-state index contributed by atoms with van der Waals surface area (Å²) < 4.78 is 7.93. The van der Waals surface area contributed by atoms with Crippen molar-refractivity contribution in [3.8, 4) is 0 Å². The lowest BCUT2D eigenvalue weighted by Crippen LogP contribution is -2.34. The second-order valence-corrected chi connectivity index (χ2v) is 5.02. The minimum Gasteiger partial charge on any atom is -0.369 e. The van der Waals surface area contributed by atoms with Gasteiger partial charge in [0, 0.05) is 31.4 Å². The molecule has 5 nitrogen and oxygen atoms in total. The Morgan fingerprint density at radius 1 is 1.56 bits per heavy atom. The number of nitrogens with one attached hydrogen (secondary N) is 1. The lowest BCUT2D eigenvalue weighted by molar-refractivity contribution is 0.0228. The molecule has 0 amide bonds. The topological polar surface area (TPSA) is 52.0 Å². The van der Waals surface area contributed by atoms with Crippen LogP contribution >= 0.6 is 11.3 Å². The van der Waals surface area contributed by atoms with Crippen LogP contribution < -0.4 is 5.32 Å². The third kappa shape index (κ3) is 2.60. The molecular formula is C12H16N4OS. The van der Waals surface area contributed by atoms with Crippen LogP contribution in [0.2, 0.25) is 0 Å². The van der Waals surface area contributed by atoms with Crippen molar-refractivity contribution in [1.29, 1.82) is 0 Å². The molecule has 0 aromatic carbocycles. The van der Waals surface area contributed by atoms with E-state index < -0.39 is 0 Å². The average molecular weight is 264 g/mol. The largest absolute Gasteiger partial charge is 0.369 e. The summed E-state index contributed by atoms with van der Waals surface area (Å²) in [5.41, 5.74) is 4.16. The van der Waals surface area contributed by atoms with Crippen molar-refractivity contribution in [2.24, 2.45) is 0 Å². The molecule has 0 aliphatic carbocycles. The van der Waals surface area contributed by atoms with Crippen molar-refractivity contribution in [3.05, 3.63) is 34.8 Å². The molecule has 1 N–H and O–H groups in total. The predicted molar refractivity (Wildman–Crippen MR) is 69.6 cm³/mol. The van der Waals surface area contributed by atoms with E-state index in [1.807, 2.05) is 18.0 Å². The molecular weight excluding hydrogens is 248 g/mol. The van der Waals surface area contributed by atoms with Crippen LogP contribution in [-0.2, 0) is 17.7 Å². The van der Waals surface area contributed by atoms with Gasteiger partial charge >= 0.3 is 0 Å². The van der Waals surface area contributed by atoms with E-state index in [4.69, 9.17) is 4.74 Å². The molecule has 18 heavy (non-hydrogen) atoms. The molecule has 3 rings (SSSR count). The van der Waals surface area contributed by atoms with Crippen molar-refractivity contribution in [2.75, 3.05) is 19.7 Å². The number of morpholine rings is 1. The number of rotatable bonds is 4. The molecule has 2 aromatic heterocycles. The van der Waals surface area contributed by atoms with Crippen molar-refractivity contribution in [3.63, 3.8) is 0 Å². The van der Waals surface area contributed by atoms with Gasteiger partial charge in [-0.15, -0.1) is 11.3 Å². The number of nitrogens with zero attached hydrogens (tertiary/aromatic N) is 3. The second-order valence-electron chi connectivity index (χ2n) is 4.31. The number of ether oxygens (including phenoxy) is 1. The van der Waals surface area contributed by atoms with Gasteiger partial charge in [0.2, 0.25) is 0 Å². The first-order valence-electron chi connectivity index (χ1n) is 6.13. The molecule has 1 aliphatic rings. The first-order chi connectivity index (χ1) is 8.93. The van der Waals surface area contributed by atoms with Gasteiger partial charge in [-0.1, -0.05) is 0 Å². The molecule has 1 unspecified atom stereocenters. The Morgan fingerprint density at radius 2 is 2.56 bits per heavy atom. The summed E-state index contributed by atoms with van der Waals surface area (Å²) >= 11 is 1.64. The third-order valence-corrected chi connectivity index (χ3v) is 3.73. The maximum atomic E-state index is 5.76.